The summed E-state index contributed by atoms with van der Waals surface area (Å²) in [7, 11) is 0. The number of thiophene rings is 1. The number of likely N-dealkylation sites (N-methyl/N-ethyl adjacent to an activating group) is 1. The van der Waals surface area contributed by atoms with Gasteiger partial charge in [-0.2, -0.15) is 0 Å². The SMILES string of the molecule is CCN(CC)C(CN)c1csc2ccccc12. The molecule has 0 saturated heterocycles. The molecule has 2 N–H and O–H groups in total. The molecule has 0 spiro atoms. The molecule has 1 aromatic carbocycles. The van der Waals surface area contributed by atoms with Gasteiger partial charge < -0.3 is 5.73 Å². The molecule has 0 saturated carbocycles. The molecule has 2 rings (SSSR count). The van der Waals surface area contributed by atoms with E-state index in [-0.39, 0.29) is 0 Å². The van der Waals surface area contributed by atoms with Crippen molar-refractivity contribution < 1.29 is 0 Å². The molecule has 2 aromatic rings. The summed E-state index contributed by atoms with van der Waals surface area (Å²) in [5, 5.41) is 3.63. The van der Waals surface area contributed by atoms with E-state index < -0.39 is 0 Å². The van der Waals surface area contributed by atoms with Crippen LogP contribution in [0.1, 0.15) is 25.5 Å². The number of rotatable bonds is 5. The molecule has 0 fully saturated rings. The third kappa shape index (κ3) is 2.37. The van der Waals surface area contributed by atoms with Crippen molar-refractivity contribution >= 4 is 21.4 Å². The maximum atomic E-state index is 5.97. The van der Waals surface area contributed by atoms with Crippen molar-refractivity contribution in [1.82, 2.24) is 4.90 Å². The topological polar surface area (TPSA) is 29.3 Å². The summed E-state index contributed by atoms with van der Waals surface area (Å²) >= 11 is 1.81. The van der Waals surface area contributed by atoms with Crippen molar-refractivity contribution in [2.45, 2.75) is 19.9 Å². The van der Waals surface area contributed by atoms with E-state index in [4.69, 9.17) is 5.73 Å². The Balaban J connectivity index is 2.42. The lowest BCUT2D eigenvalue weighted by atomic mass is 10.0. The van der Waals surface area contributed by atoms with E-state index in [1.54, 1.807) is 0 Å². The van der Waals surface area contributed by atoms with Crippen molar-refractivity contribution in [2.24, 2.45) is 5.73 Å². The van der Waals surface area contributed by atoms with Gasteiger partial charge in [-0.25, -0.2) is 0 Å². The second-order valence-corrected chi connectivity index (χ2v) is 5.07. The summed E-state index contributed by atoms with van der Waals surface area (Å²) in [6.45, 7) is 7.16. The van der Waals surface area contributed by atoms with Crippen LogP contribution in [0.15, 0.2) is 29.6 Å². The first kappa shape index (κ1) is 12.6. The summed E-state index contributed by atoms with van der Waals surface area (Å²) in [6, 6.07) is 8.93. The van der Waals surface area contributed by atoms with E-state index in [0.717, 1.165) is 13.1 Å². The van der Waals surface area contributed by atoms with Crippen LogP contribution in [0.4, 0.5) is 0 Å². The number of benzene rings is 1. The van der Waals surface area contributed by atoms with Crippen LogP contribution >= 0.6 is 11.3 Å². The van der Waals surface area contributed by atoms with Gasteiger partial charge in [0.25, 0.3) is 0 Å². The van der Waals surface area contributed by atoms with E-state index in [2.05, 4.69) is 48.4 Å². The fourth-order valence-electron chi connectivity index (χ4n) is 2.39. The lowest BCUT2D eigenvalue weighted by Gasteiger charge is -2.28. The minimum absolute atomic E-state index is 0.348. The van der Waals surface area contributed by atoms with Crippen LogP contribution in [0.2, 0.25) is 0 Å². The van der Waals surface area contributed by atoms with E-state index >= 15 is 0 Å². The number of fused-ring (bicyclic) bond motifs is 1. The van der Waals surface area contributed by atoms with Crippen molar-refractivity contribution in [3.8, 4) is 0 Å². The number of hydrogen-bond acceptors (Lipinski definition) is 3. The molecule has 1 heterocycles. The zero-order valence-corrected chi connectivity index (χ0v) is 11.3. The molecule has 17 heavy (non-hydrogen) atoms. The Bertz CT molecular complexity index is 474. The normalized spacial score (nSPS) is 13.4. The third-order valence-electron chi connectivity index (χ3n) is 3.35. The van der Waals surface area contributed by atoms with Gasteiger partial charge in [0.15, 0.2) is 0 Å². The smallest absolute Gasteiger partial charge is 0.0484 e. The largest absolute Gasteiger partial charge is 0.329 e. The monoisotopic (exact) mass is 248 g/mol. The molecule has 0 bridgehead atoms. The molecule has 1 aromatic heterocycles. The lowest BCUT2D eigenvalue weighted by molar-refractivity contribution is 0.225. The summed E-state index contributed by atoms with van der Waals surface area (Å²) in [6.07, 6.45) is 0. The predicted molar refractivity (Wildman–Crippen MR) is 76.5 cm³/mol. The van der Waals surface area contributed by atoms with Gasteiger partial charge >= 0.3 is 0 Å². The van der Waals surface area contributed by atoms with E-state index in [9.17, 15) is 0 Å². The quantitative estimate of drug-likeness (QED) is 0.880. The molecule has 3 heteroatoms. The molecule has 92 valence electrons. The number of nitrogens with zero attached hydrogens (tertiary/aromatic N) is 1. The molecule has 0 radical (unpaired) electrons. The van der Waals surface area contributed by atoms with Gasteiger partial charge in [0.05, 0.1) is 0 Å². The molecule has 1 atom stereocenters. The van der Waals surface area contributed by atoms with Crippen molar-refractivity contribution in [3.63, 3.8) is 0 Å². The highest BCUT2D eigenvalue weighted by Gasteiger charge is 2.19. The first-order valence-corrected chi connectivity index (χ1v) is 7.10. The zero-order valence-electron chi connectivity index (χ0n) is 10.5. The van der Waals surface area contributed by atoms with E-state index in [0.29, 0.717) is 12.6 Å². The third-order valence-corrected chi connectivity index (χ3v) is 4.33. The highest BCUT2D eigenvalue weighted by Crippen LogP contribution is 2.32. The Morgan fingerprint density at radius 1 is 1.24 bits per heavy atom. The Morgan fingerprint density at radius 2 is 1.94 bits per heavy atom. The first-order chi connectivity index (χ1) is 8.31. The summed E-state index contributed by atoms with van der Waals surface area (Å²) < 4.78 is 1.35. The summed E-state index contributed by atoms with van der Waals surface area (Å²) in [5.74, 6) is 0. The van der Waals surface area contributed by atoms with Crippen LogP contribution in [0.5, 0.6) is 0 Å². The predicted octanol–water partition coefficient (Wildman–Crippen LogP) is 3.24. The maximum Gasteiger partial charge on any atom is 0.0484 e. The van der Waals surface area contributed by atoms with Gasteiger partial charge in [0.2, 0.25) is 0 Å². The average molecular weight is 248 g/mol. The molecular weight excluding hydrogens is 228 g/mol. The minimum atomic E-state index is 0.348. The number of nitrogens with two attached hydrogens (primary N) is 1. The molecule has 0 aliphatic heterocycles. The van der Waals surface area contributed by atoms with Crippen molar-refractivity contribution in [2.75, 3.05) is 19.6 Å². The molecule has 1 unspecified atom stereocenters. The Morgan fingerprint density at radius 3 is 2.59 bits per heavy atom. The van der Waals surface area contributed by atoms with Gasteiger partial charge in [-0.1, -0.05) is 32.0 Å². The van der Waals surface area contributed by atoms with Crippen LogP contribution in [-0.2, 0) is 0 Å². The second kappa shape index (κ2) is 5.63. The standard InChI is InChI=1S/C14H20N2S/c1-3-16(4-2)13(9-15)12-10-17-14-8-6-5-7-11(12)14/h5-8,10,13H,3-4,9,15H2,1-2H3. The van der Waals surface area contributed by atoms with Crippen LogP contribution in [0.25, 0.3) is 10.1 Å². The Kier molecular flexibility index (Phi) is 4.15. The summed E-state index contributed by atoms with van der Waals surface area (Å²) in [4.78, 5) is 2.43. The minimum Gasteiger partial charge on any atom is -0.329 e. The highest BCUT2D eigenvalue weighted by molar-refractivity contribution is 7.17. The van der Waals surface area contributed by atoms with Crippen LogP contribution in [-0.4, -0.2) is 24.5 Å². The molecular formula is C14H20N2S. The number of hydrogen-bond donors (Lipinski definition) is 1. The fourth-order valence-corrected chi connectivity index (χ4v) is 3.40. The Labute approximate surface area is 107 Å². The molecule has 0 amide bonds. The molecule has 2 nitrogen and oxygen atoms in total. The van der Waals surface area contributed by atoms with Gasteiger partial charge in [-0.05, 0) is 35.5 Å². The van der Waals surface area contributed by atoms with Crippen LogP contribution < -0.4 is 5.73 Å². The first-order valence-electron chi connectivity index (χ1n) is 6.22. The summed E-state index contributed by atoms with van der Waals surface area (Å²) in [5.41, 5.74) is 7.36. The van der Waals surface area contributed by atoms with E-state index in [1.807, 2.05) is 11.3 Å². The zero-order chi connectivity index (χ0) is 12.3. The van der Waals surface area contributed by atoms with Gasteiger partial charge in [0, 0.05) is 17.3 Å². The molecule has 0 aliphatic rings. The van der Waals surface area contributed by atoms with Crippen LogP contribution in [0.3, 0.4) is 0 Å². The highest BCUT2D eigenvalue weighted by atomic mass is 32.1. The second-order valence-electron chi connectivity index (χ2n) is 4.16. The average Bonchev–Trinajstić information content (AvgIpc) is 2.79. The maximum absolute atomic E-state index is 5.97. The van der Waals surface area contributed by atoms with Gasteiger partial charge in [-0.3, -0.25) is 4.90 Å². The van der Waals surface area contributed by atoms with Gasteiger partial charge in [0.1, 0.15) is 0 Å². The Hall–Kier alpha value is -0.900. The van der Waals surface area contributed by atoms with Crippen molar-refractivity contribution in [1.29, 1.82) is 0 Å². The lowest BCUT2D eigenvalue weighted by Crippen LogP contribution is -2.33. The molecule has 0 aliphatic carbocycles. The van der Waals surface area contributed by atoms with Crippen molar-refractivity contribution in [3.05, 3.63) is 35.2 Å². The van der Waals surface area contributed by atoms with E-state index in [1.165, 1.54) is 15.6 Å². The van der Waals surface area contributed by atoms with Crippen LogP contribution in [0, 0.1) is 0 Å². The van der Waals surface area contributed by atoms with Gasteiger partial charge in [-0.15, -0.1) is 11.3 Å². The fraction of sp³-hybridized carbons (Fsp3) is 0.429.